The highest BCUT2D eigenvalue weighted by molar-refractivity contribution is 5.91. The highest BCUT2D eigenvalue weighted by Crippen LogP contribution is 2.51. The van der Waals surface area contributed by atoms with E-state index in [9.17, 15) is 0 Å². The molecule has 0 unspecified atom stereocenters. The normalized spacial score (nSPS) is 13.8. The Hall–Kier alpha value is -5.31. The van der Waals surface area contributed by atoms with Crippen LogP contribution in [0.1, 0.15) is 34.0 Å². The first kappa shape index (κ1) is 25.6. The van der Waals surface area contributed by atoms with Gasteiger partial charge in [0.1, 0.15) is 12.1 Å². The summed E-state index contributed by atoms with van der Waals surface area (Å²) in [5.74, 6) is 4.30. The van der Waals surface area contributed by atoms with Crippen molar-refractivity contribution in [1.29, 1.82) is 0 Å². The SMILES string of the molecule is COc1ccc(Cc2nc3c4c(ncn3n2)Oc2c(ccc3ccccc23)[C@H]4c2ccc(OC)c(OC)c2)cc1OC. The van der Waals surface area contributed by atoms with Crippen LogP contribution in [0.3, 0.4) is 0 Å². The van der Waals surface area contributed by atoms with E-state index in [-0.39, 0.29) is 5.92 Å². The van der Waals surface area contributed by atoms with Gasteiger partial charge in [0.05, 0.1) is 34.0 Å². The van der Waals surface area contributed by atoms with Gasteiger partial charge in [0.2, 0.25) is 5.88 Å². The van der Waals surface area contributed by atoms with Crippen molar-refractivity contribution in [3.63, 3.8) is 0 Å². The number of benzene rings is 4. The van der Waals surface area contributed by atoms with Crippen molar-refractivity contribution in [3.05, 3.63) is 107 Å². The molecule has 7 rings (SSSR count). The molecule has 0 amide bonds. The molecule has 6 aromatic rings. The quantitative estimate of drug-likeness (QED) is 0.228. The van der Waals surface area contributed by atoms with E-state index >= 15 is 0 Å². The molecule has 0 bridgehead atoms. The van der Waals surface area contributed by atoms with Gasteiger partial charge in [-0.15, -0.1) is 5.10 Å². The molecular formula is C33H28N4O5. The third kappa shape index (κ3) is 4.13. The molecular weight excluding hydrogens is 532 g/mol. The van der Waals surface area contributed by atoms with Crippen molar-refractivity contribution in [3.8, 4) is 34.6 Å². The standard InChI is InChI=1S/C33H28N4O5/c1-38-24-13-9-19(15-26(24)40-3)16-28-35-32-30-29(21-11-14-25(39-2)27(17-21)41-4)23-12-10-20-7-5-6-8-22(20)31(23)42-33(30)34-18-37(32)36-28/h5-15,17-18,29H,16H2,1-4H3/t29-/m1/s1. The average Bonchev–Trinajstić information content (AvgIpc) is 3.45. The molecule has 2 aromatic heterocycles. The fraction of sp³-hybridized carbons (Fsp3) is 0.182. The van der Waals surface area contributed by atoms with E-state index in [0.717, 1.165) is 38.8 Å². The number of aromatic nitrogens is 4. The van der Waals surface area contributed by atoms with Gasteiger partial charge in [0.15, 0.2) is 34.5 Å². The molecule has 0 radical (unpaired) electrons. The third-order valence-electron chi connectivity index (χ3n) is 7.69. The molecule has 3 heterocycles. The van der Waals surface area contributed by atoms with Crippen molar-refractivity contribution >= 4 is 16.4 Å². The molecule has 1 aliphatic rings. The van der Waals surface area contributed by atoms with Gasteiger partial charge in [-0.25, -0.2) is 14.5 Å². The molecule has 0 saturated carbocycles. The summed E-state index contributed by atoms with van der Waals surface area (Å²) in [7, 11) is 6.51. The van der Waals surface area contributed by atoms with Gasteiger partial charge in [-0.3, -0.25) is 0 Å². The third-order valence-corrected chi connectivity index (χ3v) is 7.69. The van der Waals surface area contributed by atoms with Crippen molar-refractivity contribution < 1.29 is 23.7 Å². The van der Waals surface area contributed by atoms with Gasteiger partial charge in [-0.05, 0) is 40.8 Å². The van der Waals surface area contributed by atoms with Crippen molar-refractivity contribution in [2.75, 3.05) is 28.4 Å². The van der Waals surface area contributed by atoms with E-state index in [0.29, 0.717) is 46.8 Å². The second-order valence-electron chi connectivity index (χ2n) is 9.98. The Morgan fingerprint density at radius 3 is 2.31 bits per heavy atom. The summed E-state index contributed by atoms with van der Waals surface area (Å²) in [5, 5.41) is 6.89. The van der Waals surface area contributed by atoms with Crippen molar-refractivity contribution in [2.45, 2.75) is 12.3 Å². The molecule has 0 fully saturated rings. The number of methoxy groups -OCH3 is 4. The van der Waals surface area contributed by atoms with Gasteiger partial charge in [-0.1, -0.05) is 48.5 Å². The van der Waals surface area contributed by atoms with Gasteiger partial charge >= 0.3 is 0 Å². The summed E-state index contributed by atoms with van der Waals surface area (Å²) < 4.78 is 30.4. The zero-order chi connectivity index (χ0) is 28.8. The molecule has 4 aromatic carbocycles. The van der Waals surface area contributed by atoms with Crippen LogP contribution in [-0.2, 0) is 6.42 Å². The van der Waals surface area contributed by atoms with E-state index in [1.165, 1.54) is 0 Å². The number of rotatable bonds is 7. The molecule has 42 heavy (non-hydrogen) atoms. The first-order valence-electron chi connectivity index (χ1n) is 13.5. The Labute approximate surface area is 242 Å². The van der Waals surface area contributed by atoms with E-state index in [2.05, 4.69) is 24.3 Å². The van der Waals surface area contributed by atoms with Crippen LogP contribution in [0.2, 0.25) is 0 Å². The number of fused-ring (bicyclic) bond motifs is 6. The van der Waals surface area contributed by atoms with Crippen LogP contribution in [0.25, 0.3) is 16.4 Å². The Morgan fingerprint density at radius 1 is 0.786 bits per heavy atom. The molecule has 0 spiro atoms. The van der Waals surface area contributed by atoms with Crippen molar-refractivity contribution in [2.24, 2.45) is 0 Å². The van der Waals surface area contributed by atoms with Crippen LogP contribution in [-0.4, -0.2) is 48.0 Å². The average molecular weight is 561 g/mol. The van der Waals surface area contributed by atoms with Crippen LogP contribution in [0.4, 0.5) is 0 Å². The number of ether oxygens (including phenoxy) is 5. The number of hydrogen-bond donors (Lipinski definition) is 0. The highest BCUT2D eigenvalue weighted by atomic mass is 16.5. The molecule has 9 heteroatoms. The molecule has 0 aliphatic carbocycles. The second kappa shape index (κ2) is 10.3. The Morgan fingerprint density at radius 2 is 1.52 bits per heavy atom. The fourth-order valence-electron chi connectivity index (χ4n) is 5.72. The van der Waals surface area contributed by atoms with Crippen LogP contribution in [0.15, 0.2) is 79.1 Å². The summed E-state index contributed by atoms with van der Waals surface area (Å²) in [5.41, 5.74) is 4.50. The summed E-state index contributed by atoms with van der Waals surface area (Å²) in [4.78, 5) is 9.73. The van der Waals surface area contributed by atoms with Crippen LogP contribution in [0.5, 0.6) is 34.6 Å². The van der Waals surface area contributed by atoms with Gasteiger partial charge in [0.25, 0.3) is 0 Å². The van der Waals surface area contributed by atoms with Gasteiger partial charge in [0, 0.05) is 23.3 Å². The predicted octanol–water partition coefficient (Wildman–Crippen LogP) is 6.19. The zero-order valence-corrected chi connectivity index (χ0v) is 23.6. The summed E-state index contributed by atoms with van der Waals surface area (Å²) in [6.45, 7) is 0. The van der Waals surface area contributed by atoms with E-state index in [4.69, 9.17) is 38.8 Å². The van der Waals surface area contributed by atoms with Crippen LogP contribution in [0, 0.1) is 0 Å². The summed E-state index contributed by atoms with van der Waals surface area (Å²) >= 11 is 0. The van der Waals surface area contributed by atoms with Crippen LogP contribution >= 0.6 is 0 Å². The minimum absolute atomic E-state index is 0.248. The predicted molar refractivity (Wildman–Crippen MR) is 158 cm³/mol. The van der Waals surface area contributed by atoms with Crippen LogP contribution < -0.4 is 23.7 Å². The van der Waals surface area contributed by atoms with Crippen molar-refractivity contribution in [1.82, 2.24) is 19.6 Å². The van der Waals surface area contributed by atoms with E-state index < -0.39 is 0 Å². The number of hydrogen-bond acceptors (Lipinski definition) is 8. The van der Waals surface area contributed by atoms with Gasteiger partial charge in [-0.2, -0.15) is 0 Å². The maximum atomic E-state index is 6.56. The molecule has 0 saturated heterocycles. The Bertz CT molecular complexity index is 1970. The molecule has 210 valence electrons. The second-order valence-corrected chi connectivity index (χ2v) is 9.98. The smallest absolute Gasteiger partial charge is 0.228 e. The summed E-state index contributed by atoms with van der Waals surface area (Å²) in [6, 6.07) is 24.2. The molecule has 1 atom stereocenters. The topological polar surface area (TPSA) is 89.2 Å². The van der Waals surface area contributed by atoms with Gasteiger partial charge < -0.3 is 23.7 Å². The monoisotopic (exact) mass is 560 g/mol. The highest BCUT2D eigenvalue weighted by Gasteiger charge is 2.34. The minimum Gasteiger partial charge on any atom is -0.493 e. The Kier molecular flexibility index (Phi) is 6.27. The molecule has 1 aliphatic heterocycles. The lowest BCUT2D eigenvalue weighted by molar-refractivity contribution is 0.354. The maximum absolute atomic E-state index is 6.56. The first-order chi connectivity index (χ1) is 20.6. The molecule has 9 nitrogen and oxygen atoms in total. The lowest BCUT2D eigenvalue weighted by atomic mass is 9.82. The zero-order valence-electron chi connectivity index (χ0n) is 23.6. The van der Waals surface area contributed by atoms with E-state index in [1.807, 2.05) is 48.5 Å². The van der Waals surface area contributed by atoms with E-state index in [1.54, 1.807) is 39.3 Å². The lowest BCUT2D eigenvalue weighted by Crippen LogP contribution is -2.15. The first-order valence-corrected chi connectivity index (χ1v) is 13.5. The maximum Gasteiger partial charge on any atom is 0.228 e. The Balaban J connectivity index is 1.41. The minimum atomic E-state index is -0.248. The lowest BCUT2D eigenvalue weighted by Gasteiger charge is -2.29. The summed E-state index contributed by atoms with van der Waals surface area (Å²) in [6.07, 6.45) is 2.15. The number of nitrogens with zero attached hydrogens (tertiary/aromatic N) is 4. The molecule has 0 N–H and O–H groups in total. The largest absolute Gasteiger partial charge is 0.493 e. The fourth-order valence-corrected chi connectivity index (χ4v) is 5.72.